The molecule has 2 amide bonds. The Labute approximate surface area is 229 Å². The number of likely N-dealkylation sites (tertiary alicyclic amines) is 1. The fourth-order valence-electron chi connectivity index (χ4n) is 5.53. The number of carbonyl (C=O) groups excluding carboxylic acids is 2. The highest BCUT2D eigenvalue weighted by Crippen LogP contribution is 2.36. The van der Waals surface area contributed by atoms with Gasteiger partial charge in [0.15, 0.2) is 5.82 Å². The number of aromatic nitrogens is 2. The molecule has 2 fully saturated rings. The van der Waals surface area contributed by atoms with Gasteiger partial charge in [-0.15, -0.1) is 0 Å². The predicted molar refractivity (Wildman–Crippen MR) is 151 cm³/mol. The number of ether oxygens (including phenoxy) is 1. The van der Waals surface area contributed by atoms with Gasteiger partial charge in [0.05, 0.1) is 25.7 Å². The van der Waals surface area contributed by atoms with Crippen LogP contribution in [0.1, 0.15) is 23.2 Å². The lowest BCUT2D eigenvalue weighted by Gasteiger charge is -2.46. The number of likely N-dealkylation sites (N-methyl/N-ethyl adjacent to an activating group) is 1. The van der Waals surface area contributed by atoms with Crippen molar-refractivity contribution in [2.45, 2.75) is 24.9 Å². The molecule has 3 aliphatic heterocycles. The van der Waals surface area contributed by atoms with Crippen molar-refractivity contribution in [3.05, 3.63) is 30.0 Å². The van der Waals surface area contributed by atoms with Gasteiger partial charge in [0, 0.05) is 38.3 Å². The number of fused-ring (bicyclic) bond motifs is 3. The van der Waals surface area contributed by atoms with Crippen molar-refractivity contribution in [3.8, 4) is 5.75 Å². The highest BCUT2D eigenvalue weighted by atomic mass is 16.5. The number of nitrogens with one attached hydrogen (secondary N) is 2. The summed E-state index contributed by atoms with van der Waals surface area (Å²) >= 11 is 0. The minimum Gasteiger partial charge on any atom is -0.495 e. The molecule has 1 unspecified atom stereocenters. The number of piperidine rings is 1. The summed E-state index contributed by atoms with van der Waals surface area (Å²) in [5.74, 6) is 1.59. The first-order valence-corrected chi connectivity index (χ1v) is 13.5. The predicted octanol–water partition coefficient (Wildman–Crippen LogP) is 1.04. The lowest BCUT2D eigenvalue weighted by atomic mass is 10.0. The Balaban J connectivity index is 1.32. The lowest BCUT2D eigenvalue weighted by molar-refractivity contribution is -0.121. The van der Waals surface area contributed by atoms with Crippen molar-refractivity contribution in [1.82, 2.24) is 30.0 Å². The van der Waals surface area contributed by atoms with E-state index in [4.69, 9.17) is 9.72 Å². The van der Waals surface area contributed by atoms with E-state index in [0.717, 1.165) is 45.0 Å². The zero-order valence-corrected chi connectivity index (χ0v) is 23.5. The zero-order chi connectivity index (χ0) is 27.7. The quantitative estimate of drug-likeness (QED) is 0.532. The average molecular weight is 538 g/mol. The third kappa shape index (κ3) is 5.77. The maximum atomic E-state index is 13.2. The SMILES string of the molecule is COc1cc(C(=O)NC2CCN(C)CC2)ccc1Nc1ncc2c(n1)N1CCN(CN(C)C)CC1C(=O)N2C. The molecule has 12 nitrogen and oxygen atoms in total. The van der Waals surface area contributed by atoms with Gasteiger partial charge < -0.3 is 30.1 Å². The van der Waals surface area contributed by atoms with Gasteiger partial charge in [0.1, 0.15) is 17.5 Å². The van der Waals surface area contributed by atoms with Gasteiger partial charge in [-0.25, -0.2) is 4.98 Å². The van der Waals surface area contributed by atoms with Gasteiger partial charge in [-0.2, -0.15) is 4.98 Å². The first kappa shape index (κ1) is 27.1. The summed E-state index contributed by atoms with van der Waals surface area (Å²) in [6, 6.07) is 5.21. The van der Waals surface area contributed by atoms with Crippen molar-refractivity contribution in [3.63, 3.8) is 0 Å². The van der Waals surface area contributed by atoms with Crippen LogP contribution >= 0.6 is 0 Å². The Morgan fingerprint density at radius 3 is 2.64 bits per heavy atom. The minimum atomic E-state index is -0.296. The third-order valence-electron chi connectivity index (χ3n) is 7.71. The number of piperazine rings is 1. The van der Waals surface area contributed by atoms with Crippen LogP contribution in [0, 0.1) is 0 Å². The van der Waals surface area contributed by atoms with Gasteiger partial charge in [0.25, 0.3) is 11.8 Å². The van der Waals surface area contributed by atoms with Crippen LogP contribution in [0.3, 0.4) is 0 Å². The molecular weight excluding hydrogens is 498 g/mol. The molecule has 2 saturated heterocycles. The van der Waals surface area contributed by atoms with E-state index in [-0.39, 0.29) is 23.9 Å². The van der Waals surface area contributed by atoms with Gasteiger partial charge in [0.2, 0.25) is 5.95 Å². The van der Waals surface area contributed by atoms with Crippen LogP contribution in [0.2, 0.25) is 0 Å². The third-order valence-corrected chi connectivity index (χ3v) is 7.71. The molecule has 0 radical (unpaired) electrons. The maximum absolute atomic E-state index is 13.2. The molecule has 12 heteroatoms. The van der Waals surface area contributed by atoms with E-state index in [1.807, 2.05) is 20.2 Å². The van der Waals surface area contributed by atoms with E-state index >= 15 is 0 Å². The second kappa shape index (κ2) is 11.3. The lowest BCUT2D eigenvalue weighted by Crippen LogP contribution is -2.63. The number of carbonyl (C=O) groups is 2. The maximum Gasteiger partial charge on any atom is 0.251 e. The Kier molecular flexibility index (Phi) is 7.87. The Bertz CT molecular complexity index is 1210. The highest BCUT2D eigenvalue weighted by molar-refractivity contribution is 6.04. The number of anilines is 4. The fourth-order valence-corrected chi connectivity index (χ4v) is 5.53. The normalized spacial score (nSPS) is 20.6. The summed E-state index contributed by atoms with van der Waals surface area (Å²) in [5.41, 5.74) is 1.89. The molecule has 210 valence electrons. The van der Waals surface area contributed by atoms with E-state index in [0.29, 0.717) is 41.7 Å². The van der Waals surface area contributed by atoms with Crippen molar-refractivity contribution in [1.29, 1.82) is 0 Å². The first-order chi connectivity index (χ1) is 18.7. The molecular formula is C27H39N9O3. The fraction of sp³-hybridized carbons (Fsp3) is 0.556. The van der Waals surface area contributed by atoms with Crippen LogP contribution in [0.4, 0.5) is 23.1 Å². The molecule has 3 aliphatic rings. The van der Waals surface area contributed by atoms with Crippen LogP contribution in [0.15, 0.2) is 24.4 Å². The summed E-state index contributed by atoms with van der Waals surface area (Å²) in [4.78, 5) is 45.8. The van der Waals surface area contributed by atoms with Crippen LogP contribution in [0.5, 0.6) is 5.75 Å². The number of hydrogen-bond donors (Lipinski definition) is 2. The number of amides is 2. The van der Waals surface area contributed by atoms with Crippen molar-refractivity contribution in [2.75, 3.05) is 89.8 Å². The van der Waals surface area contributed by atoms with E-state index in [1.165, 1.54) is 0 Å². The Morgan fingerprint density at radius 2 is 1.92 bits per heavy atom. The summed E-state index contributed by atoms with van der Waals surface area (Å²) in [6.07, 6.45) is 3.57. The van der Waals surface area contributed by atoms with Crippen molar-refractivity contribution in [2.24, 2.45) is 0 Å². The van der Waals surface area contributed by atoms with Crippen LogP contribution in [-0.4, -0.2) is 123 Å². The van der Waals surface area contributed by atoms with Crippen molar-refractivity contribution >= 4 is 35.0 Å². The molecule has 2 N–H and O–H groups in total. The first-order valence-electron chi connectivity index (χ1n) is 13.5. The molecule has 39 heavy (non-hydrogen) atoms. The molecule has 0 spiro atoms. The molecule has 1 aromatic carbocycles. The number of hydrogen-bond acceptors (Lipinski definition) is 10. The molecule has 4 heterocycles. The van der Waals surface area contributed by atoms with Crippen LogP contribution in [0.25, 0.3) is 0 Å². The standard InChI is InChI=1S/C27H39N9O3/c1-32(2)17-35-12-13-36-22(16-35)26(38)34(4)21-15-28-27(31-24(21)36)30-20-7-6-18(14-23(20)39-5)25(37)29-19-8-10-33(3)11-9-19/h6-7,14-15,19,22H,8-13,16-17H2,1-5H3,(H,29,37)(H,28,30,31). The second-order valence-electron chi connectivity index (χ2n) is 10.9. The molecule has 5 rings (SSSR count). The number of methoxy groups -OCH3 is 1. The van der Waals surface area contributed by atoms with Crippen LogP contribution < -0.4 is 25.2 Å². The summed E-state index contributed by atoms with van der Waals surface area (Å²) < 4.78 is 5.61. The highest BCUT2D eigenvalue weighted by Gasteiger charge is 2.41. The van der Waals surface area contributed by atoms with Gasteiger partial charge in [-0.05, 0) is 65.3 Å². The van der Waals surface area contributed by atoms with Crippen LogP contribution in [-0.2, 0) is 4.79 Å². The van der Waals surface area contributed by atoms with E-state index in [9.17, 15) is 9.59 Å². The monoisotopic (exact) mass is 537 g/mol. The number of nitrogens with zero attached hydrogens (tertiary/aromatic N) is 7. The molecule has 0 bridgehead atoms. The van der Waals surface area contributed by atoms with Crippen molar-refractivity contribution < 1.29 is 14.3 Å². The van der Waals surface area contributed by atoms with Gasteiger partial charge >= 0.3 is 0 Å². The van der Waals surface area contributed by atoms with Gasteiger partial charge in [-0.1, -0.05) is 0 Å². The summed E-state index contributed by atoms with van der Waals surface area (Å²) in [7, 11) is 9.52. The number of rotatable bonds is 7. The minimum absolute atomic E-state index is 0.0473. The molecule has 0 saturated carbocycles. The topological polar surface area (TPSA) is 109 Å². The van der Waals surface area contributed by atoms with E-state index < -0.39 is 0 Å². The van der Waals surface area contributed by atoms with E-state index in [2.05, 4.69) is 42.3 Å². The average Bonchev–Trinajstić information content (AvgIpc) is 2.92. The zero-order valence-electron chi connectivity index (χ0n) is 23.5. The summed E-state index contributed by atoms with van der Waals surface area (Å²) in [5, 5.41) is 6.40. The van der Waals surface area contributed by atoms with Gasteiger partial charge in [-0.3, -0.25) is 19.4 Å². The number of benzene rings is 1. The summed E-state index contributed by atoms with van der Waals surface area (Å²) in [6.45, 7) is 4.94. The molecule has 1 aromatic heterocycles. The molecule has 0 aliphatic carbocycles. The second-order valence-corrected chi connectivity index (χ2v) is 10.9. The largest absolute Gasteiger partial charge is 0.495 e. The smallest absolute Gasteiger partial charge is 0.251 e. The van der Waals surface area contributed by atoms with E-state index in [1.54, 1.807) is 37.4 Å². The Hall–Kier alpha value is -3.48. The molecule has 1 atom stereocenters. The molecule has 2 aromatic rings. The Morgan fingerprint density at radius 1 is 1.15 bits per heavy atom.